The van der Waals surface area contributed by atoms with Crippen molar-refractivity contribution < 1.29 is 14.7 Å². The molecule has 0 aliphatic carbocycles. The van der Waals surface area contributed by atoms with Gasteiger partial charge in [-0.25, -0.2) is 4.79 Å². The number of carboxylic acid groups (broad SMARTS) is 1. The molecule has 6 heteroatoms. The molecular weight excluding hydrogens is 256 g/mol. The van der Waals surface area contributed by atoms with Gasteiger partial charge in [-0.1, -0.05) is 11.6 Å². The largest absolute Gasteiger partial charge is 0.480 e. The van der Waals surface area contributed by atoms with Crippen LogP contribution in [0.25, 0.3) is 0 Å². The van der Waals surface area contributed by atoms with Gasteiger partial charge in [0.25, 0.3) is 5.91 Å². The lowest BCUT2D eigenvalue weighted by molar-refractivity contribution is -0.143. The van der Waals surface area contributed by atoms with Crippen LogP contribution in [0.1, 0.15) is 29.8 Å². The normalized spacial score (nSPS) is 19.6. The average Bonchev–Trinajstić information content (AvgIpc) is 2.38. The summed E-state index contributed by atoms with van der Waals surface area (Å²) in [6.07, 6.45) is 3.57. The number of carbonyl (C=O) groups is 2. The first-order chi connectivity index (χ1) is 8.59. The van der Waals surface area contributed by atoms with E-state index in [0.717, 1.165) is 12.8 Å². The minimum atomic E-state index is -0.968. The molecule has 1 fully saturated rings. The van der Waals surface area contributed by atoms with Gasteiger partial charge in [0.2, 0.25) is 0 Å². The number of aromatic nitrogens is 1. The van der Waals surface area contributed by atoms with Gasteiger partial charge in [0, 0.05) is 17.8 Å². The fourth-order valence-corrected chi connectivity index (χ4v) is 2.26. The number of carboxylic acids is 1. The topological polar surface area (TPSA) is 70.5 Å². The maximum atomic E-state index is 12.2. The summed E-state index contributed by atoms with van der Waals surface area (Å²) in [5, 5.41) is 9.53. The number of nitrogens with zero attached hydrogens (tertiary/aromatic N) is 2. The highest BCUT2D eigenvalue weighted by Gasteiger charge is 2.32. The summed E-state index contributed by atoms with van der Waals surface area (Å²) in [7, 11) is 0. The van der Waals surface area contributed by atoms with Crippen molar-refractivity contribution >= 4 is 23.5 Å². The molecule has 1 atom stereocenters. The summed E-state index contributed by atoms with van der Waals surface area (Å²) in [5.74, 6) is -1.34. The van der Waals surface area contributed by atoms with Crippen LogP contribution in [0.2, 0.25) is 5.02 Å². The Kier molecular flexibility index (Phi) is 3.81. The number of amides is 1. The molecule has 18 heavy (non-hydrogen) atoms. The molecule has 2 heterocycles. The number of likely N-dealkylation sites (tertiary alicyclic amines) is 1. The highest BCUT2D eigenvalue weighted by atomic mass is 35.5. The third-order valence-corrected chi connectivity index (χ3v) is 3.22. The summed E-state index contributed by atoms with van der Waals surface area (Å²) in [4.78, 5) is 28.6. The van der Waals surface area contributed by atoms with E-state index >= 15 is 0 Å². The quantitative estimate of drug-likeness (QED) is 0.888. The molecule has 1 saturated heterocycles. The van der Waals surface area contributed by atoms with Gasteiger partial charge in [-0.05, 0) is 31.4 Å². The van der Waals surface area contributed by atoms with Crippen LogP contribution >= 0.6 is 11.6 Å². The number of carbonyl (C=O) groups excluding carboxylic acids is 1. The lowest BCUT2D eigenvalue weighted by Gasteiger charge is -2.32. The van der Waals surface area contributed by atoms with Crippen LogP contribution in [-0.2, 0) is 4.79 Å². The number of hydrogen-bond donors (Lipinski definition) is 1. The molecule has 96 valence electrons. The molecule has 1 aliphatic rings. The molecule has 1 aromatic rings. The summed E-state index contributed by atoms with van der Waals surface area (Å²) >= 11 is 5.80. The second-order valence-corrected chi connectivity index (χ2v) is 4.64. The zero-order valence-electron chi connectivity index (χ0n) is 9.67. The zero-order chi connectivity index (χ0) is 13.1. The first kappa shape index (κ1) is 12.8. The fraction of sp³-hybridized carbons (Fsp3) is 0.417. The Hall–Kier alpha value is -1.62. The van der Waals surface area contributed by atoms with Gasteiger partial charge in [0.05, 0.1) is 0 Å². The Labute approximate surface area is 109 Å². The van der Waals surface area contributed by atoms with E-state index in [1.807, 2.05) is 0 Å². The SMILES string of the molecule is O=C(O)C1CCCCN1C(=O)c1cc(Cl)ccn1. The number of rotatable bonds is 2. The second kappa shape index (κ2) is 5.35. The number of aliphatic carboxylic acids is 1. The number of halogens is 1. The Balaban J connectivity index is 2.23. The van der Waals surface area contributed by atoms with Crippen molar-refractivity contribution in [2.45, 2.75) is 25.3 Å². The standard InChI is InChI=1S/C12H13ClN2O3/c13-8-4-5-14-9(7-8)11(16)15-6-2-1-3-10(15)12(17)18/h4-5,7,10H,1-3,6H2,(H,17,18). The Bertz CT molecular complexity index is 478. The first-order valence-electron chi connectivity index (χ1n) is 5.75. The maximum absolute atomic E-state index is 12.2. The molecule has 0 bridgehead atoms. The molecule has 0 spiro atoms. The second-order valence-electron chi connectivity index (χ2n) is 4.21. The highest BCUT2D eigenvalue weighted by Crippen LogP contribution is 2.20. The predicted octanol–water partition coefficient (Wildman–Crippen LogP) is 1.81. The number of hydrogen-bond acceptors (Lipinski definition) is 3. The average molecular weight is 269 g/mol. The third kappa shape index (κ3) is 2.61. The van der Waals surface area contributed by atoms with Crippen molar-refractivity contribution in [1.82, 2.24) is 9.88 Å². The Morgan fingerprint density at radius 1 is 1.44 bits per heavy atom. The lowest BCUT2D eigenvalue weighted by Crippen LogP contribution is -2.48. The minimum Gasteiger partial charge on any atom is -0.480 e. The molecule has 1 aliphatic heterocycles. The molecule has 2 rings (SSSR count). The summed E-state index contributed by atoms with van der Waals surface area (Å²) in [5.41, 5.74) is 0.190. The fourth-order valence-electron chi connectivity index (χ4n) is 2.10. The van der Waals surface area contributed by atoms with E-state index < -0.39 is 12.0 Å². The van der Waals surface area contributed by atoms with E-state index in [0.29, 0.717) is 18.0 Å². The molecule has 0 saturated carbocycles. The highest BCUT2D eigenvalue weighted by molar-refractivity contribution is 6.30. The molecule has 1 unspecified atom stereocenters. The number of piperidine rings is 1. The van der Waals surface area contributed by atoms with Gasteiger partial charge in [0.15, 0.2) is 0 Å². The molecule has 1 aromatic heterocycles. The van der Waals surface area contributed by atoms with E-state index in [4.69, 9.17) is 16.7 Å². The summed E-state index contributed by atoms with van der Waals surface area (Å²) < 4.78 is 0. The maximum Gasteiger partial charge on any atom is 0.326 e. The van der Waals surface area contributed by atoms with Crippen molar-refractivity contribution in [3.05, 3.63) is 29.0 Å². The predicted molar refractivity (Wildman–Crippen MR) is 65.6 cm³/mol. The van der Waals surface area contributed by atoms with E-state index in [1.165, 1.54) is 17.2 Å². The van der Waals surface area contributed by atoms with Crippen molar-refractivity contribution in [2.75, 3.05) is 6.54 Å². The Morgan fingerprint density at radius 2 is 2.22 bits per heavy atom. The molecule has 0 radical (unpaired) electrons. The number of pyridine rings is 1. The van der Waals surface area contributed by atoms with Crippen molar-refractivity contribution in [3.63, 3.8) is 0 Å². The van der Waals surface area contributed by atoms with Crippen molar-refractivity contribution in [1.29, 1.82) is 0 Å². The van der Waals surface area contributed by atoms with Gasteiger partial charge in [-0.3, -0.25) is 9.78 Å². The van der Waals surface area contributed by atoms with Crippen LogP contribution in [0, 0.1) is 0 Å². The van der Waals surface area contributed by atoms with E-state index in [-0.39, 0.29) is 11.6 Å². The van der Waals surface area contributed by atoms with Gasteiger partial charge >= 0.3 is 5.97 Å². The van der Waals surface area contributed by atoms with Crippen LogP contribution in [-0.4, -0.2) is 39.5 Å². The smallest absolute Gasteiger partial charge is 0.326 e. The van der Waals surface area contributed by atoms with Gasteiger partial charge in [0.1, 0.15) is 11.7 Å². The first-order valence-corrected chi connectivity index (χ1v) is 6.12. The van der Waals surface area contributed by atoms with Gasteiger partial charge in [-0.2, -0.15) is 0 Å². The Morgan fingerprint density at radius 3 is 2.89 bits per heavy atom. The summed E-state index contributed by atoms with van der Waals surface area (Å²) in [6.45, 7) is 0.448. The molecule has 5 nitrogen and oxygen atoms in total. The van der Waals surface area contributed by atoms with Crippen molar-refractivity contribution in [2.24, 2.45) is 0 Å². The van der Waals surface area contributed by atoms with Crippen LogP contribution in [0.5, 0.6) is 0 Å². The third-order valence-electron chi connectivity index (χ3n) is 2.99. The van der Waals surface area contributed by atoms with E-state index in [2.05, 4.69) is 4.98 Å². The monoisotopic (exact) mass is 268 g/mol. The van der Waals surface area contributed by atoms with Crippen LogP contribution in [0.4, 0.5) is 0 Å². The molecule has 1 N–H and O–H groups in total. The van der Waals surface area contributed by atoms with Gasteiger partial charge < -0.3 is 10.0 Å². The van der Waals surface area contributed by atoms with Crippen LogP contribution < -0.4 is 0 Å². The molecular formula is C12H13ClN2O3. The van der Waals surface area contributed by atoms with E-state index in [9.17, 15) is 9.59 Å². The van der Waals surface area contributed by atoms with Gasteiger partial charge in [-0.15, -0.1) is 0 Å². The lowest BCUT2D eigenvalue weighted by atomic mass is 10.0. The molecule has 0 aromatic carbocycles. The molecule has 1 amide bonds. The zero-order valence-corrected chi connectivity index (χ0v) is 10.4. The van der Waals surface area contributed by atoms with E-state index in [1.54, 1.807) is 6.07 Å². The van der Waals surface area contributed by atoms with Crippen LogP contribution in [0.15, 0.2) is 18.3 Å². The van der Waals surface area contributed by atoms with Crippen molar-refractivity contribution in [3.8, 4) is 0 Å². The minimum absolute atomic E-state index is 0.190. The van der Waals surface area contributed by atoms with Crippen LogP contribution in [0.3, 0.4) is 0 Å². The summed E-state index contributed by atoms with van der Waals surface area (Å²) in [6, 6.07) is 2.27.